The minimum absolute atomic E-state index is 0.146. The first kappa shape index (κ1) is 22.8. The molecule has 1 atom stereocenters. The fourth-order valence-corrected chi connectivity index (χ4v) is 3.54. The quantitative estimate of drug-likeness (QED) is 0.480. The van der Waals surface area contributed by atoms with Crippen LogP contribution in [-0.2, 0) is 6.54 Å². The summed E-state index contributed by atoms with van der Waals surface area (Å²) in [6.45, 7) is 3.33. The summed E-state index contributed by atoms with van der Waals surface area (Å²) in [6, 6.07) is 21.6. The van der Waals surface area contributed by atoms with Gasteiger partial charge in [0.25, 0.3) is 11.5 Å². The van der Waals surface area contributed by atoms with Crippen molar-refractivity contribution in [3.63, 3.8) is 0 Å². The van der Waals surface area contributed by atoms with Gasteiger partial charge in [0.15, 0.2) is 0 Å². The lowest BCUT2D eigenvalue weighted by Gasteiger charge is -2.16. The van der Waals surface area contributed by atoms with Crippen molar-refractivity contribution in [1.82, 2.24) is 19.7 Å². The summed E-state index contributed by atoms with van der Waals surface area (Å²) >= 11 is 0. The van der Waals surface area contributed by atoms with Gasteiger partial charge >= 0.3 is 5.69 Å². The molecule has 1 aromatic heterocycles. The van der Waals surface area contributed by atoms with Gasteiger partial charge in [0.1, 0.15) is 5.82 Å². The van der Waals surface area contributed by atoms with Gasteiger partial charge in [0, 0.05) is 5.56 Å². The zero-order chi connectivity index (χ0) is 24.2. The molecule has 3 aromatic carbocycles. The van der Waals surface area contributed by atoms with Gasteiger partial charge in [-0.3, -0.25) is 14.2 Å². The molecule has 0 spiro atoms. The van der Waals surface area contributed by atoms with Crippen LogP contribution in [0.25, 0.3) is 5.69 Å². The summed E-state index contributed by atoms with van der Waals surface area (Å²) in [4.78, 5) is 39.5. The van der Waals surface area contributed by atoms with E-state index in [2.05, 4.69) is 10.4 Å². The van der Waals surface area contributed by atoms with Gasteiger partial charge in [-0.25, -0.2) is 9.18 Å². The highest BCUT2D eigenvalue weighted by Gasteiger charge is 2.22. The SMILES string of the molecule is Cc1ccc(-n2nc(C(=O)N[C@@H](C)c3ccccc3)c(=O)n(Cc3ccccc3F)c2=O)cc1. The summed E-state index contributed by atoms with van der Waals surface area (Å²) < 4.78 is 16.1. The van der Waals surface area contributed by atoms with Gasteiger partial charge in [-0.05, 0) is 37.6 Å². The Morgan fingerprint density at radius 3 is 2.29 bits per heavy atom. The summed E-state index contributed by atoms with van der Waals surface area (Å²) in [6.07, 6.45) is 0. The van der Waals surface area contributed by atoms with E-state index in [-0.39, 0.29) is 12.1 Å². The molecule has 1 heterocycles. The third-order valence-electron chi connectivity index (χ3n) is 5.49. The molecule has 1 N–H and O–H groups in total. The Labute approximate surface area is 195 Å². The minimum atomic E-state index is -0.894. The first-order valence-electron chi connectivity index (χ1n) is 10.8. The number of nitrogens with zero attached hydrogens (tertiary/aromatic N) is 3. The first-order valence-corrected chi connectivity index (χ1v) is 10.8. The standard InChI is InChI=1S/C26H23FN4O3/c1-17-12-14-21(15-13-17)31-26(34)30(16-20-10-6-7-11-22(20)27)25(33)23(29-31)24(32)28-18(2)19-8-4-3-5-9-19/h3-15,18H,16H2,1-2H3,(H,28,32)/t18-/m0/s1. The Hall–Kier alpha value is -4.33. The van der Waals surface area contributed by atoms with E-state index in [1.807, 2.05) is 37.3 Å². The average Bonchev–Trinajstić information content (AvgIpc) is 2.84. The lowest BCUT2D eigenvalue weighted by atomic mass is 10.1. The number of carbonyl (C=O) groups is 1. The number of nitrogens with one attached hydrogen (secondary N) is 1. The molecule has 0 aliphatic heterocycles. The number of hydrogen-bond acceptors (Lipinski definition) is 4. The van der Waals surface area contributed by atoms with Crippen LogP contribution in [0.5, 0.6) is 0 Å². The number of aryl methyl sites for hydroxylation is 1. The van der Waals surface area contributed by atoms with Crippen molar-refractivity contribution < 1.29 is 9.18 Å². The van der Waals surface area contributed by atoms with Crippen LogP contribution < -0.4 is 16.6 Å². The summed E-state index contributed by atoms with van der Waals surface area (Å²) in [7, 11) is 0. The second-order valence-electron chi connectivity index (χ2n) is 7.97. The van der Waals surface area contributed by atoms with Crippen LogP contribution in [0.1, 0.15) is 40.1 Å². The van der Waals surface area contributed by atoms with E-state index in [1.165, 1.54) is 18.2 Å². The Morgan fingerprint density at radius 2 is 1.62 bits per heavy atom. The molecule has 0 aliphatic rings. The van der Waals surface area contributed by atoms with Crippen LogP contribution >= 0.6 is 0 Å². The molecular weight excluding hydrogens is 435 g/mol. The van der Waals surface area contributed by atoms with Crippen molar-refractivity contribution in [2.45, 2.75) is 26.4 Å². The summed E-state index contributed by atoms with van der Waals surface area (Å²) in [5, 5.41) is 6.87. The van der Waals surface area contributed by atoms with Crippen LogP contribution in [0.4, 0.5) is 4.39 Å². The van der Waals surface area contributed by atoms with Gasteiger partial charge < -0.3 is 5.32 Å². The first-order chi connectivity index (χ1) is 16.3. The molecule has 7 nitrogen and oxygen atoms in total. The number of aromatic nitrogens is 3. The second-order valence-corrected chi connectivity index (χ2v) is 7.97. The summed E-state index contributed by atoms with van der Waals surface area (Å²) in [5.41, 5.74) is 0.203. The molecule has 4 aromatic rings. The Bertz CT molecular complexity index is 1440. The zero-order valence-electron chi connectivity index (χ0n) is 18.7. The number of halogens is 1. The molecule has 0 radical (unpaired) electrons. The molecular formula is C26H23FN4O3. The van der Waals surface area contributed by atoms with E-state index in [0.717, 1.165) is 20.4 Å². The highest BCUT2D eigenvalue weighted by atomic mass is 19.1. The molecule has 1 amide bonds. The van der Waals surface area contributed by atoms with Gasteiger partial charge in [0.05, 0.1) is 18.3 Å². The van der Waals surface area contributed by atoms with E-state index >= 15 is 0 Å². The maximum atomic E-state index is 14.3. The van der Waals surface area contributed by atoms with Crippen molar-refractivity contribution in [1.29, 1.82) is 0 Å². The Morgan fingerprint density at radius 1 is 0.971 bits per heavy atom. The van der Waals surface area contributed by atoms with Crippen LogP contribution in [0, 0.1) is 12.7 Å². The van der Waals surface area contributed by atoms with Gasteiger partial charge in [-0.15, -0.1) is 0 Å². The molecule has 0 bridgehead atoms. The molecule has 34 heavy (non-hydrogen) atoms. The Kier molecular flexibility index (Phi) is 6.49. The fourth-order valence-electron chi connectivity index (χ4n) is 3.54. The highest BCUT2D eigenvalue weighted by Crippen LogP contribution is 2.12. The molecule has 0 fully saturated rings. The fraction of sp³-hybridized carbons (Fsp3) is 0.154. The van der Waals surface area contributed by atoms with E-state index in [4.69, 9.17) is 0 Å². The van der Waals surface area contributed by atoms with Gasteiger partial charge in [-0.2, -0.15) is 9.78 Å². The van der Waals surface area contributed by atoms with Gasteiger partial charge in [0.2, 0.25) is 5.69 Å². The number of carbonyl (C=O) groups excluding carboxylic acids is 1. The van der Waals surface area contributed by atoms with Crippen LogP contribution in [-0.4, -0.2) is 20.3 Å². The third-order valence-corrected chi connectivity index (χ3v) is 5.49. The summed E-state index contributed by atoms with van der Waals surface area (Å²) in [5.74, 6) is -1.29. The third kappa shape index (κ3) is 4.71. The average molecular weight is 458 g/mol. The number of benzene rings is 3. The van der Waals surface area contributed by atoms with Gasteiger partial charge in [-0.1, -0.05) is 66.2 Å². The van der Waals surface area contributed by atoms with Crippen molar-refractivity contribution in [3.8, 4) is 5.69 Å². The predicted molar refractivity (Wildman–Crippen MR) is 127 cm³/mol. The van der Waals surface area contributed by atoms with Crippen molar-refractivity contribution >= 4 is 5.91 Å². The topological polar surface area (TPSA) is 86.0 Å². The lowest BCUT2D eigenvalue weighted by molar-refractivity contribution is 0.0930. The number of rotatable bonds is 6. The molecule has 8 heteroatoms. The van der Waals surface area contributed by atoms with Crippen molar-refractivity contribution in [3.05, 3.63) is 128 Å². The van der Waals surface area contributed by atoms with Crippen molar-refractivity contribution in [2.75, 3.05) is 0 Å². The highest BCUT2D eigenvalue weighted by molar-refractivity contribution is 5.92. The van der Waals surface area contributed by atoms with E-state index < -0.39 is 34.7 Å². The number of hydrogen-bond donors (Lipinski definition) is 1. The maximum Gasteiger partial charge on any atom is 0.352 e. The molecule has 0 aliphatic carbocycles. The van der Waals surface area contributed by atoms with Crippen LogP contribution in [0.2, 0.25) is 0 Å². The van der Waals surface area contributed by atoms with Crippen molar-refractivity contribution in [2.24, 2.45) is 0 Å². The Balaban J connectivity index is 1.82. The largest absolute Gasteiger partial charge is 0.352 e. The second kappa shape index (κ2) is 9.66. The molecule has 4 rings (SSSR count). The van der Waals surface area contributed by atoms with E-state index in [1.54, 1.807) is 37.3 Å². The van der Waals surface area contributed by atoms with Crippen LogP contribution in [0.15, 0.2) is 88.5 Å². The molecule has 0 saturated heterocycles. The lowest BCUT2D eigenvalue weighted by Crippen LogP contribution is -2.46. The predicted octanol–water partition coefficient (Wildman–Crippen LogP) is 3.38. The number of amides is 1. The molecule has 0 unspecified atom stereocenters. The minimum Gasteiger partial charge on any atom is -0.344 e. The normalized spacial score (nSPS) is 11.7. The van der Waals surface area contributed by atoms with E-state index in [9.17, 15) is 18.8 Å². The smallest absolute Gasteiger partial charge is 0.344 e. The zero-order valence-corrected chi connectivity index (χ0v) is 18.7. The monoisotopic (exact) mass is 458 g/mol. The van der Waals surface area contributed by atoms with E-state index in [0.29, 0.717) is 5.69 Å². The van der Waals surface area contributed by atoms with Crippen LogP contribution in [0.3, 0.4) is 0 Å². The molecule has 172 valence electrons. The maximum absolute atomic E-state index is 14.3. The molecule has 0 saturated carbocycles.